The molecule has 0 bridgehead atoms. The quantitative estimate of drug-likeness (QED) is 0.243. The Morgan fingerprint density at radius 2 is 1.26 bits per heavy atom. The average Bonchev–Trinajstić information content (AvgIpc) is 2.72. The van der Waals surface area contributed by atoms with Crippen LogP contribution in [-0.2, 0) is 20.2 Å². The van der Waals surface area contributed by atoms with Crippen LogP contribution in [0.1, 0.15) is 76.0 Å². The van der Waals surface area contributed by atoms with Crippen LogP contribution < -0.4 is 0 Å². The average molecular weight is 497 g/mol. The number of hydrogen-bond acceptors (Lipinski definition) is 3. The summed E-state index contributed by atoms with van der Waals surface area (Å²) in [5.41, 5.74) is 4.67. The molecular formula is C29H44O3Si2. The second kappa shape index (κ2) is 12.3. The molecule has 0 spiro atoms. The Bertz CT molecular complexity index is 909. The predicted octanol–water partition coefficient (Wildman–Crippen LogP) is 8.58. The summed E-state index contributed by atoms with van der Waals surface area (Å²) in [6.07, 6.45) is 3.84. The van der Waals surface area contributed by atoms with E-state index in [1.54, 1.807) is 6.26 Å². The topological polar surface area (TPSA) is 27.7 Å². The van der Waals surface area contributed by atoms with Gasteiger partial charge in [0, 0.05) is 0 Å². The summed E-state index contributed by atoms with van der Waals surface area (Å²) in [6, 6.07) is 16.9. The summed E-state index contributed by atoms with van der Waals surface area (Å²) in [6.45, 7) is 23.0. The van der Waals surface area contributed by atoms with Gasteiger partial charge in [-0.3, -0.25) is 0 Å². The molecule has 0 fully saturated rings. The van der Waals surface area contributed by atoms with Crippen molar-refractivity contribution >= 4 is 24.2 Å². The molecule has 2 unspecified atom stereocenters. The minimum atomic E-state index is -0.903. The molecule has 2 rings (SSSR count). The van der Waals surface area contributed by atoms with Crippen LogP contribution in [0.5, 0.6) is 0 Å². The zero-order chi connectivity index (χ0) is 25.5. The van der Waals surface area contributed by atoms with Crippen LogP contribution in [0.3, 0.4) is 0 Å². The summed E-state index contributed by atoms with van der Waals surface area (Å²) >= 11 is 0. The van der Waals surface area contributed by atoms with Crippen molar-refractivity contribution in [3.63, 3.8) is 0 Å². The van der Waals surface area contributed by atoms with Crippen molar-refractivity contribution in [1.29, 1.82) is 0 Å². The zero-order valence-electron chi connectivity index (χ0n) is 22.9. The molecule has 5 heteroatoms. The number of rotatable bonds is 10. The number of hydrogen-bond donors (Lipinski definition) is 0. The third-order valence-electron chi connectivity index (χ3n) is 5.41. The van der Waals surface area contributed by atoms with Crippen molar-refractivity contribution in [2.45, 2.75) is 86.5 Å². The first-order chi connectivity index (χ1) is 15.8. The van der Waals surface area contributed by atoms with E-state index in [0.717, 1.165) is 11.1 Å². The number of benzene rings is 2. The van der Waals surface area contributed by atoms with Crippen LogP contribution in [0.25, 0.3) is 6.08 Å². The largest absolute Gasteiger partial charge is 0.496 e. The molecule has 0 amide bonds. The van der Waals surface area contributed by atoms with E-state index in [9.17, 15) is 0 Å². The normalized spacial score (nSPS) is 14.7. The second-order valence-corrected chi connectivity index (χ2v) is 15.6. The molecule has 0 aromatic heterocycles. The summed E-state index contributed by atoms with van der Waals surface area (Å²) in [4.78, 5) is 0. The van der Waals surface area contributed by atoms with Gasteiger partial charge in [0.15, 0.2) is 0 Å². The van der Waals surface area contributed by atoms with Gasteiger partial charge in [0.1, 0.15) is 6.61 Å². The van der Waals surface area contributed by atoms with Crippen molar-refractivity contribution in [2.75, 3.05) is 0 Å². The lowest BCUT2D eigenvalue weighted by molar-refractivity contribution is 0.0656. The van der Waals surface area contributed by atoms with Gasteiger partial charge < -0.3 is 13.6 Å². The third-order valence-corrected chi connectivity index (χ3v) is 6.82. The van der Waals surface area contributed by atoms with Gasteiger partial charge in [0.05, 0.1) is 18.5 Å². The van der Waals surface area contributed by atoms with Crippen LogP contribution in [0.4, 0.5) is 0 Å². The lowest BCUT2D eigenvalue weighted by Gasteiger charge is -2.39. The molecular weight excluding hydrogens is 452 g/mol. The van der Waals surface area contributed by atoms with Gasteiger partial charge in [0.2, 0.25) is 18.1 Å². The third kappa shape index (κ3) is 8.84. The monoisotopic (exact) mass is 496 g/mol. The standard InChI is InChI=1S/C29H44O3Si2/c1-28(2,3)26(31-33(7)8)24-17-16-22(18-19-30-21-23-14-12-11-13-15-23)20-25(24)27(29(4,5)6)32-34(9)10/h11-20,26-27H,21H2,1-10H3. The van der Waals surface area contributed by atoms with Gasteiger partial charge in [-0.15, -0.1) is 0 Å². The highest BCUT2D eigenvalue weighted by molar-refractivity contribution is 6.48. The molecule has 0 heterocycles. The number of ether oxygens (including phenoxy) is 1. The van der Waals surface area contributed by atoms with E-state index in [0.29, 0.717) is 6.61 Å². The van der Waals surface area contributed by atoms with Gasteiger partial charge in [-0.1, -0.05) is 84.0 Å². The summed E-state index contributed by atoms with van der Waals surface area (Å²) < 4.78 is 19.1. The fourth-order valence-corrected chi connectivity index (χ4v) is 5.80. The molecule has 3 nitrogen and oxygen atoms in total. The molecule has 34 heavy (non-hydrogen) atoms. The molecule has 2 radical (unpaired) electrons. The van der Waals surface area contributed by atoms with Crippen molar-refractivity contribution in [1.82, 2.24) is 0 Å². The molecule has 0 saturated carbocycles. The Kier molecular flexibility index (Phi) is 10.4. The fraction of sp³-hybridized carbons (Fsp3) is 0.517. The molecule has 2 aromatic carbocycles. The maximum Gasteiger partial charge on any atom is 0.205 e. The highest BCUT2D eigenvalue weighted by Gasteiger charge is 2.36. The summed E-state index contributed by atoms with van der Waals surface area (Å²) in [7, 11) is -1.79. The summed E-state index contributed by atoms with van der Waals surface area (Å²) in [5, 5.41) is 0. The predicted molar refractivity (Wildman–Crippen MR) is 148 cm³/mol. The smallest absolute Gasteiger partial charge is 0.205 e. The SMILES string of the molecule is C[Si](C)OC(c1ccc(C=COCc2ccccc2)cc1C(O[Si](C)C)C(C)(C)C)C(C)(C)C. The molecule has 2 aromatic rings. The van der Waals surface area contributed by atoms with E-state index in [1.165, 1.54) is 11.1 Å². The van der Waals surface area contributed by atoms with Gasteiger partial charge in [-0.25, -0.2) is 0 Å². The minimum absolute atomic E-state index is 0.0107. The molecule has 0 N–H and O–H groups in total. The Morgan fingerprint density at radius 3 is 1.76 bits per heavy atom. The molecule has 0 aliphatic heterocycles. The van der Waals surface area contributed by atoms with E-state index in [-0.39, 0.29) is 23.0 Å². The molecule has 2 atom stereocenters. The highest BCUT2D eigenvalue weighted by atomic mass is 28.3. The molecule has 0 aliphatic carbocycles. The van der Waals surface area contributed by atoms with E-state index in [1.807, 2.05) is 24.3 Å². The Labute approximate surface area is 212 Å². The van der Waals surface area contributed by atoms with E-state index in [4.69, 9.17) is 13.6 Å². The van der Waals surface area contributed by atoms with E-state index >= 15 is 0 Å². The first-order valence-corrected chi connectivity index (χ1v) is 17.0. The van der Waals surface area contributed by atoms with Crippen molar-refractivity contribution in [3.05, 3.63) is 77.0 Å². The van der Waals surface area contributed by atoms with Gasteiger partial charge in [-0.05, 0) is 71.4 Å². The van der Waals surface area contributed by atoms with Gasteiger partial charge in [-0.2, -0.15) is 0 Å². The van der Waals surface area contributed by atoms with Gasteiger partial charge in [0.25, 0.3) is 0 Å². The maximum absolute atomic E-state index is 6.65. The van der Waals surface area contributed by atoms with Crippen LogP contribution in [0, 0.1) is 10.8 Å². The van der Waals surface area contributed by atoms with Crippen molar-refractivity contribution < 1.29 is 13.6 Å². The van der Waals surface area contributed by atoms with Crippen LogP contribution >= 0.6 is 0 Å². The first-order valence-electron chi connectivity index (χ1n) is 12.2. The second-order valence-electron chi connectivity index (χ2n) is 11.5. The Hall–Kier alpha value is -1.67. The van der Waals surface area contributed by atoms with Crippen LogP contribution in [-0.4, -0.2) is 18.1 Å². The first kappa shape index (κ1) is 28.6. The van der Waals surface area contributed by atoms with Crippen LogP contribution in [0.15, 0.2) is 54.8 Å². The molecule has 186 valence electrons. The lowest BCUT2D eigenvalue weighted by atomic mass is 9.77. The van der Waals surface area contributed by atoms with E-state index in [2.05, 4.69) is 98.1 Å². The van der Waals surface area contributed by atoms with Crippen molar-refractivity contribution in [2.24, 2.45) is 10.8 Å². The Morgan fingerprint density at radius 1 is 0.735 bits per heavy atom. The highest BCUT2D eigenvalue weighted by Crippen LogP contribution is 2.45. The maximum atomic E-state index is 6.65. The molecule has 0 aliphatic rings. The van der Waals surface area contributed by atoms with Crippen LogP contribution in [0.2, 0.25) is 26.2 Å². The van der Waals surface area contributed by atoms with E-state index < -0.39 is 18.1 Å². The fourth-order valence-electron chi connectivity index (χ4n) is 3.89. The molecule has 0 saturated heterocycles. The minimum Gasteiger partial charge on any atom is -0.496 e. The Balaban J connectivity index is 2.47. The lowest BCUT2D eigenvalue weighted by Crippen LogP contribution is -2.31. The zero-order valence-corrected chi connectivity index (χ0v) is 24.9. The van der Waals surface area contributed by atoms with Crippen molar-refractivity contribution in [3.8, 4) is 0 Å². The van der Waals surface area contributed by atoms with Gasteiger partial charge >= 0.3 is 0 Å². The summed E-state index contributed by atoms with van der Waals surface area (Å²) in [5.74, 6) is 0.